The van der Waals surface area contributed by atoms with Crippen LogP contribution in [0.2, 0.25) is 0 Å². The molecular formula is C14H23F. The maximum atomic E-state index is 13.5. The second kappa shape index (κ2) is 2.78. The molecule has 0 N–H and O–H groups in total. The maximum absolute atomic E-state index is 13.5. The predicted molar refractivity (Wildman–Crippen MR) is 60.3 cm³/mol. The summed E-state index contributed by atoms with van der Waals surface area (Å²) in [6.07, 6.45) is 5.01. The molecular weight excluding hydrogens is 187 g/mol. The summed E-state index contributed by atoms with van der Waals surface area (Å²) in [6.45, 7) is 7.29. The van der Waals surface area contributed by atoms with E-state index in [9.17, 15) is 4.39 Å². The van der Waals surface area contributed by atoms with Crippen LogP contribution in [-0.2, 0) is 0 Å². The molecule has 15 heavy (non-hydrogen) atoms. The molecule has 5 atom stereocenters. The molecule has 0 amide bonds. The van der Waals surface area contributed by atoms with E-state index in [1.54, 1.807) is 0 Å². The van der Waals surface area contributed by atoms with Gasteiger partial charge in [-0.3, -0.25) is 0 Å². The van der Waals surface area contributed by atoms with Crippen LogP contribution in [0.5, 0.6) is 0 Å². The van der Waals surface area contributed by atoms with Crippen LogP contribution in [0, 0.1) is 28.6 Å². The van der Waals surface area contributed by atoms with E-state index in [2.05, 4.69) is 20.8 Å². The van der Waals surface area contributed by atoms with Crippen molar-refractivity contribution in [3.63, 3.8) is 0 Å². The van der Waals surface area contributed by atoms with Crippen molar-refractivity contribution in [3.8, 4) is 0 Å². The first kappa shape index (κ1) is 10.1. The molecule has 3 saturated carbocycles. The summed E-state index contributed by atoms with van der Waals surface area (Å²) >= 11 is 0. The molecule has 86 valence electrons. The number of hydrogen-bond acceptors (Lipinski definition) is 0. The third-order valence-corrected chi connectivity index (χ3v) is 6.13. The number of hydrogen-bond donors (Lipinski definition) is 0. The second-order valence-corrected chi connectivity index (χ2v) is 6.86. The van der Waals surface area contributed by atoms with Gasteiger partial charge in [-0.1, -0.05) is 27.2 Å². The molecule has 3 fully saturated rings. The fourth-order valence-corrected chi connectivity index (χ4v) is 5.65. The monoisotopic (exact) mass is 210 g/mol. The minimum absolute atomic E-state index is 0.494. The van der Waals surface area contributed by atoms with Crippen molar-refractivity contribution in [1.29, 1.82) is 0 Å². The first-order valence-corrected chi connectivity index (χ1v) is 6.64. The Labute approximate surface area is 92.6 Å². The van der Waals surface area contributed by atoms with Crippen LogP contribution in [0.25, 0.3) is 0 Å². The van der Waals surface area contributed by atoms with E-state index in [1.807, 2.05) is 0 Å². The Kier molecular flexibility index (Phi) is 1.88. The van der Waals surface area contributed by atoms with Crippen molar-refractivity contribution >= 4 is 0 Å². The molecule has 0 aromatic rings. The number of rotatable bonds is 0. The normalized spacial score (nSPS) is 56.8. The Bertz CT molecular complexity index is 283. The van der Waals surface area contributed by atoms with Crippen molar-refractivity contribution in [1.82, 2.24) is 0 Å². The molecule has 0 aromatic heterocycles. The largest absolute Gasteiger partial charge is 0.247 e. The molecule has 5 unspecified atom stereocenters. The van der Waals surface area contributed by atoms with E-state index < -0.39 is 6.17 Å². The summed E-state index contributed by atoms with van der Waals surface area (Å²) in [6, 6.07) is 0. The zero-order valence-electron chi connectivity index (χ0n) is 10.2. The Balaban J connectivity index is 1.92. The standard InChI is InChI=1S/C14H23F/c1-9-4-5-10-8-11(15)6-7-14(10)12(9)13(14,2)3/h9-12H,4-8H2,1-3H3. The van der Waals surface area contributed by atoms with Crippen molar-refractivity contribution in [2.24, 2.45) is 28.6 Å². The second-order valence-electron chi connectivity index (χ2n) is 6.86. The lowest BCUT2D eigenvalue weighted by molar-refractivity contribution is 0.0592. The lowest BCUT2D eigenvalue weighted by Gasteiger charge is -2.40. The maximum Gasteiger partial charge on any atom is 0.100 e. The molecule has 0 radical (unpaired) electrons. The van der Waals surface area contributed by atoms with Crippen LogP contribution in [0.4, 0.5) is 4.39 Å². The van der Waals surface area contributed by atoms with Gasteiger partial charge < -0.3 is 0 Å². The molecule has 0 saturated heterocycles. The van der Waals surface area contributed by atoms with Gasteiger partial charge in [0.2, 0.25) is 0 Å². The van der Waals surface area contributed by atoms with Crippen molar-refractivity contribution < 1.29 is 4.39 Å². The highest BCUT2D eigenvalue weighted by molar-refractivity contribution is 5.23. The Hall–Kier alpha value is -0.0700. The van der Waals surface area contributed by atoms with E-state index in [-0.39, 0.29) is 0 Å². The first-order chi connectivity index (χ1) is 7.00. The molecule has 0 aliphatic heterocycles. The van der Waals surface area contributed by atoms with Gasteiger partial charge in [0.05, 0.1) is 0 Å². The molecule has 3 rings (SSSR count). The summed E-state index contributed by atoms with van der Waals surface area (Å²) in [5.41, 5.74) is 1.06. The molecule has 1 spiro atoms. The predicted octanol–water partition coefficient (Wildman–Crippen LogP) is 4.20. The smallest absolute Gasteiger partial charge is 0.100 e. The summed E-state index contributed by atoms with van der Waals surface area (Å²) in [7, 11) is 0. The Morgan fingerprint density at radius 1 is 1.13 bits per heavy atom. The average molecular weight is 210 g/mol. The third-order valence-electron chi connectivity index (χ3n) is 6.13. The molecule has 0 bridgehead atoms. The van der Waals surface area contributed by atoms with E-state index in [0.29, 0.717) is 16.7 Å². The lowest BCUT2D eigenvalue weighted by Crippen LogP contribution is -2.34. The van der Waals surface area contributed by atoms with E-state index in [0.717, 1.165) is 24.7 Å². The molecule has 0 heterocycles. The van der Waals surface area contributed by atoms with Gasteiger partial charge in [-0.05, 0) is 54.3 Å². The minimum Gasteiger partial charge on any atom is -0.247 e. The number of alkyl halides is 1. The van der Waals surface area contributed by atoms with Crippen LogP contribution < -0.4 is 0 Å². The van der Waals surface area contributed by atoms with Gasteiger partial charge in [0, 0.05) is 0 Å². The third kappa shape index (κ3) is 1.03. The van der Waals surface area contributed by atoms with E-state index in [4.69, 9.17) is 0 Å². The molecule has 3 aliphatic rings. The lowest BCUT2D eigenvalue weighted by atomic mass is 9.65. The fourth-order valence-electron chi connectivity index (χ4n) is 5.65. The highest BCUT2D eigenvalue weighted by atomic mass is 19.1. The van der Waals surface area contributed by atoms with Gasteiger partial charge in [0.15, 0.2) is 0 Å². The van der Waals surface area contributed by atoms with Gasteiger partial charge in [0.25, 0.3) is 0 Å². The van der Waals surface area contributed by atoms with Gasteiger partial charge in [0.1, 0.15) is 6.17 Å². The highest BCUT2D eigenvalue weighted by Crippen LogP contribution is 2.81. The quantitative estimate of drug-likeness (QED) is 0.562. The van der Waals surface area contributed by atoms with Crippen LogP contribution in [0.3, 0.4) is 0 Å². The zero-order chi connectivity index (χ0) is 10.8. The van der Waals surface area contributed by atoms with E-state index in [1.165, 1.54) is 19.3 Å². The van der Waals surface area contributed by atoms with Crippen LogP contribution in [0.1, 0.15) is 52.9 Å². The van der Waals surface area contributed by atoms with Crippen molar-refractivity contribution in [2.75, 3.05) is 0 Å². The summed E-state index contributed by atoms with van der Waals surface area (Å²) in [5, 5.41) is 0. The van der Waals surface area contributed by atoms with Gasteiger partial charge >= 0.3 is 0 Å². The Morgan fingerprint density at radius 3 is 2.60 bits per heavy atom. The molecule has 0 aromatic carbocycles. The fraction of sp³-hybridized carbons (Fsp3) is 1.00. The summed E-state index contributed by atoms with van der Waals surface area (Å²) < 4.78 is 13.5. The molecule has 3 aliphatic carbocycles. The Morgan fingerprint density at radius 2 is 1.87 bits per heavy atom. The first-order valence-electron chi connectivity index (χ1n) is 6.64. The summed E-state index contributed by atoms with van der Waals surface area (Å²) in [4.78, 5) is 0. The van der Waals surface area contributed by atoms with Crippen molar-refractivity contribution in [2.45, 2.75) is 59.0 Å². The van der Waals surface area contributed by atoms with Crippen molar-refractivity contribution in [3.05, 3.63) is 0 Å². The van der Waals surface area contributed by atoms with Gasteiger partial charge in [-0.25, -0.2) is 4.39 Å². The van der Waals surface area contributed by atoms with Gasteiger partial charge in [-0.15, -0.1) is 0 Å². The minimum atomic E-state index is -0.494. The topological polar surface area (TPSA) is 0 Å². The van der Waals surface area contributed by atoms with Gasteiger partial charge in [-0.2, -0.15) is 0 Å². The summed E-state index contributed by atoms with van der Waals surface area (Å²) in [5.74, 6) is 2.49. The SMILES string of the molecule is CC1CCC2CC(F)CCC23C1C3(C)C. The molecule has 1 heteroatoms. The molecule has 0 nitrogen and oxygen atoms in total. The van der Waals surface area contributed by atoms with E-state index >= 15 is 0 Å². The number of halogens is 1. The highest BCUT2D eigenvalue weighted by Gasteiger charge is 2.76. The average Bonchev–Trinajstić information content (AvgIpc) is 2.67. The van der Waals surface area contributed by atoms with Crippen LogP contribution >= 0.6 is 0 Å². The van der Waals surface area contributed by atoms with Crippen LogP contribution in [-0.4, -0.2) is 6.17 Å². The van der Waals surface area contributed by atoms with Crippen LogP contribution in [0.15, 0.2) is 0 Å². The zero-order valence-corrected chi connectivity index (χ0v) is 10.2.